The Morgan fingerprint density at radius 1 is 1.70 bits per heavy atom. The van der Waals surface area contributed by atoms with Gasteiger partial charge in [0.1, 0.15) is 4.88 Å². The molecule has 0 unspecified atom stereocenters. The quantitative estimate of drug-likeness (QED) is 0.615. The maximum atomic E-state index is 10.2. The third-order valence-corrected chi connectivity index (χ3v) is 1.47. The van der Waals surface area contributed by atoms with Crippen molar-refractivity contribution in [2.75, 3.05) is 0 Å². The summed E-state index contributed by atoms with van der Waals surface area (Å²) in [6, 6.07) is 0. The van der Waals surface area contributed by atoms with Crippen LogP contribution in [0.3, 0.4) is 0 Å². The molecule has 1 rings (SSSR count). The van der Waals surface area contributed by atoms with Gasteiger partial charge in [0.15, 0.2) is 12.0 Å². The number of hydrogen-bond donors (Lipinski definition) is 1. The average Bonchev–Trinajstić information content (AvgIpc) is 2.33. The molecular weight excluding hydrogens is 156 g/mol. The number of aromatic carboxylic acids is 1. The molecule has 0 aliphatic carbocycles. The van der Waals surface area contributed by atoms with E-state index in [9.17, 15) is 9.59 Å². The van der Waals surface area contributed by atoms with E-state index in [0.29, 0.717) is 6.29 Å². The summed E-state index contributed by atoms with van der Waals surface area (Å²) in [7, 11) is 0. The number of hydrogen-bond acceptors (Lipinski definition) is 5. The van der Waals surface area contributed by atoms with Gasteiger partial charge in [-0.2, -0.15) is 0 Å². The number of carbonyl (C=O) groups is 2. The van der Waals surface area contributed by atoms with Crippen LogP contribution in [0, 0.1) is 0 Å². The smallest absolute Gasteiger partial charge is 0.358 e. The van der Waals surface area contributed by atoms with E-state index >= 15 is 0 Å². The van der Waals surface area contributed by atoms with Gasteiger partial charge in [-0.25, -0.2) is 4.79 Å². The number of carbonyl (C=O) groups excluding carboxylic acids is 1. The highest BCUT2D eigenvalue weighted by atomic mass is 32.1. The van der Waals surface area contributed by atoms with Crippen molar-refractivity contribution < 1.29 is 14.7 Å². The fourth-order valence-electron chi connectivity index (χ4n) is 0.423. The molecule has 6 heteroatoms. The second-order valence-corrected chi connectivity index (χ2v) is 2.19. The van der Waals surface area contributed by atoms with Gasteiger partial charge in [-0.1, -0.05) is 4.49 Å². The predicted molar refractivity (Wildman–Crippen MR) is 32.3 cm³/mol. The lowest BCUT2D eigenvalue weighted by atomic mass is 10.4. The molecule has 52 valence electrons. The van der Waals surface area contributed by atoms with Crippen LogP contribution in [0.15, 0.2) is 0 Å². The molecule has 1 heterocycles. The third-order valence-electron chi connectivity index (χ3n) is 0.823. The summed E-state index contributed by atoms with van der Waals surface area (Å²) in [5, 5.41) is 11.6. The van der Waals surface area contributed by atoms with Crippen LogP contribution in [0.25, 0.3) is 0 Å². The van der Waals surface area contributed by atoms with Gasteiger partial charge < -0.3 is 5.11 Å². The first-order valence-corrected chi connectivity index (χ1v) is 3.04. The minimum Gasteiger partial charge on any atom is -0.476 e. The molecule has 0 saturated carbocycles. The van der Waals surface area contributed by atoms with E-state index < -0.39 is 5.97 Å². The van der Waals surface area contributed by atoms with E-state index in [1.807, 2.05) is 0 Å². The van der Waals surface area contributed by atoms with E-state index in [2.05, 4.69) is 9.59 Å². The highest BCUT2D eigenvalue weighted by Gasteiger charge is 2.13. The van der Waals surface area contributed by atoms with Gasteiger partial charge in [0, 0.05) is 0 Å². The van der Waals surface area contributed by atoms with Crippen molar-refractivity contribution in [1.29, 1.82) is 0 Å². The average molecular weight is 158 g/mol. The van der Waals surface area contributed by atoms with Crippen LogP contribution < -0.4 is 0 Å². The summed E-state index contributed by atoms with van der Waals surface area (Å²) in [5.74, 6) is -1.23. The summed E-state index contributed by atoms with van der Waals surface area (Å²) >= 11 is 0.768. The first-order valence-electron chi connectivity index (χ1n) is 2.26. The highest BCUT2D eigenvalue weighted by molar-refractivity contribution is 7.07. The zero-order valence-electron chi connectivity index (χ0n) is 4.64. The lowest BCUT2D eigenvalue weighted by Crippen LogP contribution is -1.99. The molecule has 0 saturated heterocycles. The summed E-state index contributed by atoms with van der Waals surface area (Å²) in [5.41, 5.74) is -0.278. The molecule has 10 heavy (non-hydrogen) atoms. The van der Waals surface area contributed by atoms with Crippen LogP contribution in [0.2, 0.25) is 0 Å². The summed E-state index contributed by atoms with van der Waals surface area (Å²) < 4.78 is 3.29. The number of aldehydes is 1. The molecule has 0 aliphatic heterocycles. The molecule has 0 aliphatic rings. The molecule has 0 bridgehead atoms. The Hall–Kier alpha value is -1.30. The van der Waals surface area contributed by atoms with Crippen LogP contribution in [0.1, 0.15) is 20.2 Å². The van der Waals surface area contributed by atoms with Crippen molar-refractivity contribution in [3.8, 4) is 0 Å². The number of nitrogens with zero attached hydrogens (tertiary/aromatic N) is 2. The second-order valence-electron chi connectivity index (χ2n) is 1.41. The van der Waals surface area contributed by atoms with Gasteiger partial charge in [0.2, 0.25) is 0 Å². The molecule has 0 radical (unpaired) electrons. The standard InChI is InChI=1S/C4H2N2O3S/c7-1-2-3(4(8)9)5-6-10-2/h1H,(H,8,9). The maximum absolute atomic E-state index is 10.2. The number of aromatic nitrogens is 2. The Kier molecular flexibility index (Phi) is 1.72. The highest BCUT2D eigenvalue weighted by Crippen LogP contribution is 2.05. The molecule has 0 spiro atoms. The van der Waals surface area contributed by atoms with E-state index in [1.54, 1.807) is 0 Å². The van der Waals surface area contributed by atoms with Crippen LogP contribution in [-0.2, 0) is 0 Å². The summed E-state index contributed by atoms with van der Waals surface area (Å²) in [4.78, 5) is 20.3. The van der Waals surface area contributed by atoms with E-state index in [0.717, 1.165) is 11.5 Å². The van der Waals surface area contributed by atoms with Gasteiger partial charge in [0.05, 0.1) is 0 Å². The lowest BCUT2D eigenvalue weighted by Gasteiger charge is -1.81. The number of carboxylic acids is 1. The third kappa shape index (κ3) is 1.01. The van der Waals surface area contributed by atoms with Crippen molar-refractivity contribution in [3.05, 3.63) is 10.6 Å². The molecule has 0 fully saturated rings. The normalized spacial score (nSPS) is 9.20. The Morgan fingerprint density at radius 3 is 2.80 bits per heavy atom. The molecular formula is C4H2N2O3S. The van der Waals surface area contributed by atoms with E-state index in [-0.39, 0.29) is 10.6 Å². The first-order chi connectivity index (χ1) is 4.75. The molecule has 0 amide bonds. The molecule has 1 aromatic heterocycles. The number of rotatable bonds is 2. The Bertz CT molecular complexity index is 269. The van der Waals surface area contributed by atoms with Crippen molar-refractivity contribution in [2.45, 2.75) is 0 Å². The van der Waals surface area contributed by atoms with Gasteiger partial charge in [-0.3, -0.25) is 4.79 Å². The van der Waals surface area contributed by atoms with Gasteiger partial charge in [-0.05, 0) is 11.5 Å². The largest absolute Gasteiger partial charge is 0.476 e. The zero-order chi connectivity index (χ0) is 7.56. The topological polar surface area (TPSA) is 80.2 Å². The summed E-state index contributed by atoms with van der Waals surface area (Å²) in [6.45, 7) is 0. The van der Waals surface area contributed by atoms with Gasteiger partial charge >= 0.3 is 5.97 Å². The summed E-state index contributed by atoms with van der Waals surface area (Å²) in [6.07, 6.45) is 0.425. The Labute approximate surface area is 59.5 Å². The van der Waals surface area contributed by atoms with Crippen molar-refractivity contribution >= 4 is 23.8 Å². The fourth-order valence-corrected chi connectivity index (χ4v) is 0.891. The number of carboxylic acid groups (broad SMARTS) is 1. The molecule has 1 aromatic rings. The van der Waals surface area contributed by atoms with Crippen LogP contribution >= 0.6 is 11.5 Å². The molecule has 0 atom stereocenters. The minimum absolute atomic E-state index is 0.0486. The van der Waals surface area contributed by atoms with Crippen LogP contribution in [0.4, 0.5) is 0 Å². The Balaban J connectivity index is 3.13. The fraction of sp³-hybridized carbons (Fsp3) is 0. The first kappa shape index (κ1) is 6.81. The lowest BCUT2D eigenvalue weighted by molar-refractivity contribution is 0.0687. The second kappa shape index (κ2) is 2.53. The maximum Gasteiger partial charge on any atom is 0.358 e. The van der Waals surface area contributed by atoms with Crippen molar-refractivity contribution in [1.82, 2.24) is 9.59 Å². The predicted octanol–water partition coefficient (Wildman–Crippen LogP) is 0.0488. The zero-order valence-corrected chi connectivity index (χ0v) is 5.46. The van der Waals surface area contributed by atoms with Gasteiger partial charge in [0.25, 0.3) is 0 Å². The monoisotopic (exact) mass is 158 g/mol. The van der Waals surface area contributed by atoms with Gasteiger partial charge in [-0.15, -0.1) is 5.10 Å². The van der Waals surface area contributed by atoms with Crippen LogP contribution in [0.5, 0.6) is 0 Å². The van der Waals surface area contributed by atoms with E-state index in [1.165, 1.54) is 0 Å². The molecule has 5 nitrogen and oxygen atoms in total. The SMILES string of the molecule is O=Cc1snnc1C(=O)O. The molecule has 1 N–H and O–H groups in total. The molecule has 0 aromatic carbocycles. The van der Waals surface area contributed by atoms with Crippen LogP contribution in [-0.4, -0.2) is 26.9 Å². The van der Waals surface area contributed by atoms with E-state index in [4.69, 9.17) is 5.11 Å². The van der Waals surface area contributed by atoms with Crippen molar-refractivity contribution in [3.63, 3.8) is 0 Å². The Morgan fingerprint density at radius 2 is 2.40 bits per heavy atom. The van der Waals surface area contributed by atoms with Crippen molar-refractivity contribution in [2.24, 2.45) is 0 Å². The minimum atomic E-state index is -1.23.